The molecule has 0 aliphatic carbocycles. The number of ether oxygens (including phenoxy) is 2. The van der Waals surface area contributed by atoms with Gasteiger partial charge in [-0.2, -0.15) is 0 Å². The zero-order valence-electron chi connectivity index (χ0n) is 15.2. The number of rotatable bonds is 2. The Balaban J connectivity index is 2.76. The molecule has 1 aliphatic heterocycles. The molecule has 5 heteroatoms. The summed E-state index contributed by atoms with van der Waals surface area (Å²) in [7, 11) is 0. The van der Waals surface area contributed by atoms with Crippen molar-refractivity contribution in [3.05, 3.63) is 0 Å². The van der Waals surface area contributed by atoms with Gasteiger partial charge >= 0.3 is 12.1 Å². The van der Waals surface area contributed by atoms with Gasteiger partial charge in [0.15, 0.2) is 0 Å². The number of likely N-dealkylation sites (tertiary alicyclic amines) is 1. The predicted octanol–water partition coefficient (Wildman–Crippen LogP) is 3.37. The normalized spacial score (nSPS) is 18.0. The van der Waals surface area contributed by atoms with Gasteiger partial charge in [0, 0.05) is 19.5 Å². The summed E-state index contributed by atoms with van der Waals surface area (Å²) in [6.45, 7) is 11.9. The fourth-order valence-corrected chi connectivity index (χ4v) is 2.48. The molecule has 0 aromatic carbocycles. The van der Waals surface area contributed by atoms with Crippen LogP contribution < -0.4 is 0 Å². The number of amides is 1. The van der Waals surface area contributed by atoms with E-state index in [1.807, 2.05) is 41.5 Å². The molecule has 1 fully saturated rings. The third-order valence-corrected chi connectivity index (χ3v) is 3.64. The zero-order chi connectivity index (χ0) is 17.9. The molecule has 1 heterocycles. The third kappa shape index (κ3) is 5.78. The standard InChI is InChI=1S/C18H29NO4/c1-8-9-18(14(20)22-16(2,3)4)10-12-19(13-11-18)15(21)23-17(5,6)7/h1H,9-13H2,2-7H3. The van der Waals surface area contributed by atoms with E-state index in [0.29, 0.717) is 32.4 Å². The Hall–Kier alpha value is -1.70. The highest BCUT2D eigenvalue weighted by molar-refractivity contribution is 5.78. The Kier molecular flexibility index (Phi) is 5.74. The molecule has 1 rings (SSSR count). The summed E-state index contributed by atoms with van der Waals surface area (Å²) in [5.74, 6) is 2.32. The molecule has 0 atom stereocenters. The summed E-state index contributed by atoms with van der Waals surface area (Å²) in [5.41, 5.74) is -1.79. The van der Waals surface area contributed by atoms with Crippen molar-refractivity contribution in [3.63, 3.8) is 0 Å². The second-order valence-electron chi connectivity index (χ2n) is 8.13. The summed E-state index contributed by atoms with van der Waals surface area (Å²) in [6, 6.07) is 0. The highest BCUT2D eigenvalue weighted by atomic mass is 16.6. The van der Waals surface area contributed by atoms with Gasteiger partial charge in [0.2, 0.25) is 0 Å². The minimum Gasteiger partial charge on any atom is -0.460 e. The van der Waals surface area contributed by atoms with Crippen LogP contribution in [0, 0.1) is 17.8 Å². The van der Waals surface area contributed by atoms with Crippen LogP contribution in [0.3, 0.4) is 0 Å². The predicted molar refractivity (Wildman–Crippen MR) is 88.8 cm³/mol. The van der Waals surface area contributed by atoms with Gasteiger partial charge in [-0.05, 0) is 54.4 Å². The first kappa shape index (κ1) is 19.3. The van der Waals surface area contributed by atoms with Crippen LogP contribution in [-0.2, 0) is 14.3 Å². The van der Waals surface area contributed by atoms with Crippen molar-refractivity contribution in [2.75, 3.05) is 13.1 Å². The van der Waals surface area contributed by atoms with Gasteiger partial charge in [-0.25, -0.2) is 4.79 Å². The molecule has 1 aliphatic rings. The molecule has 0 bridgehead atoms. The van der Waals surface area contributed by atoms with Gasteiger partial charge in [-0.15, -0.1) is 12.3 Å². The van der Waals surface area contributed by atoms with E-state index in [4.69, 9.17) is 15.9 Å². The maximum Gasteiger partial charge on any atom is 0.410 e. The van der Waals surface area contributed by atoms with Crippen LogP contribution in [0.5, 0.6) is 0 Å². The Morgan fingerprint density at radius 1 is 1.04 bits per heavy atom. The number of piperidine rings is 1. The topological polar surface area (TPSA) is 55.8 Å². The molecule has 1 amide bonds. The van der Waals surface area contributed by atoms with Crippen LogP contribution in [0.1, 0.15) is 60.8 Å². The van der Waals surface area contributed by atoms with Crippen LogP contribution >= 0.6 is 0 Å². The molecule has 5 nitrogen and oxygen atoms in total. The number of terminal acetylenes is 1. The molecule has 0 radical (unpaired) electrons. The first-order valence-corrected chi connectivity index (χ1v) is 8.03. The van der Waals surface area contributed by atoms with Crippen LogP contribution in [0.15, 0.2) is 0 Å². The zero-order valence-corrected chi connectivity index (χ0v) is 15.2. The van der Waals surface area contributed by atoms with Gasteiger partial charge in [0.1, 0.15) is 11.2 Å². The Bertz CT molecular complexity index is 483. The molecule has 1 saturated heterocycles. The van der Waals surface area contributed by atoms with Gasteiger partial charge in [-0.3, -0.25) is 4.79 Å². The smallest absolute Gasteiger partial charge is 0.410 e. The van der Waals surface area contributed by atoms with E-state index in [2.05, 4.69) is 5.92 Å². The molecular weight excluding hydrogens is 294 g/mol. The van der Waals surface area contributed by atoms with Crippen LogP contribution in [-0.4, -0.2) is 41.3 Å². The molecule has 0 N–H and O–H groups in total. The highest BCUT2D eigenvalue weighted by Crippen LogP contribution is 2.37. The lowest BCUT2D eigenvalue weighted by Crippen LogP contribution is -2.49. The Labute approximate surface area is 139 Å². The van der Waals surface area contributed by atoms with Crippen molar-refractivity contribution in [3.8, 4) is 12.3 Å². The van der Waals surface area contributed by atoms with Crippen LogP contribution in [0.25, 0.3) is 0 Å². The molecule has 130 valence electrons. The van der Waals surface area contributed by atoms with Crippen LogP contribution in [0.2, 0.25) is 0 Å². The van der Waals surface area contributed by atoms with E-state index in [1.165, 1.54) is 0 Å². The fourth-order valence-electron chi connectivity index (χ4n) is 2.48. The Morgan fingerprint density at radius 2 is 1.52 bits per heavy atom. The number of nitrogens with zero attached hydrogens (tertiary/aromatic N) is 1. The summed E-state index contributed by atoms with van der Waals surface area (Å²) >= 11 is 0. The number of esters is 1. The maximum absolute atomic E-state index is 12.6. The van der Waals surface area contributed by atoms with E-state index in [-0.39, 0.29) is 12.1 Å². The lowest BCUT2D eigenvalue weighted by molar-refractivity contribution is -0.170. The monoisotopic (exact) mass is 323 g/mol. The number of hydrogen-bond acceptors (Lipinski definition) is 4. The molecule has 0 unspecified atom stereocenters. The van der Waals surface area contributed by atoms with E-state index in [9.17, 15) is 9.59 Å². The molecule has 0 spiro atoms. The fraction of sp³-hybridized carbons (Fsp3) is 0.778. The van der Waals surface area contributed by atoms with E-state index in [0.717, 1.165) is 0 Å². The van der Waals surface area contributed by atoms with Crippen molar-refractivity contribution < 1.29 is 19.1 Å². The van der Waals surface area contributed by atoms with Crippen molar-refractivity contribution in [1.82, 2.24) is 4.90 Å². The SMILES string of the molecule is C#CCC1(C(=O)OC(C)(C)C)CCN(C(=O)OC(C)(C)C)CC1. The molecule has 0 aromatic heterocycles. The van der Waals surface area contributed by atoms with Gasteiger partial charge in [0.05, 0.1) is 5.41 Å². The van der Waals surface area contributed by atoms with Gasteiger partial charge in [-0.1, -0.05) is 0 Å². The average molecular weight is 323 g/mol. The average Bonchev–Trinajstić information content (AvgIpc) is 2.35. The largest absolute Gasteiger partial charge is 0.460 e. The first-order chi connectivity index (χ1) is 10.4. The van der Waals surface area contributed by atoms with Gasteiger partial charge < -0.3 is 14.4 Å². The molecule has 0 saturated carbocycles. The summed E-state index contributed by atoms with van der Waals surface area (Å²) < 4.78 is 10.9. The molecule has 23 heavy (non-hydrogen) atoms. The summed E-state index contributed by atoms with van der Waals surface area (Å²) in [6.07, 6.45) is 6.42. The van der Waals surface area contributed by atoms with Crippen molar-refractivity contribution in [1.29, 1.82) is 0 Å². The molecular formula is C18H29NO4. The minimum absolute atomic E-state index is 0.271. The van der Waals surface area contributed by atoms with Crippen molar-refractivity contribution >= 4 is 12.1 Å². The lowest BCUT2D eigenvalue weighted by atomic mass is 9.76. The summed E-state index contributed by atoms with van der Waals surface area (Å²) in [5, 5.41) is 0. The van der Waals surface area contributed by atoms with E-state index in [1.54, 1.807) is 4.90 Å². The van der Waals surface area contributed by atoms with Crippen molar-refractivity contribution in [2.24, 2.45) is 5.41 Å². The van der Waals surface area contributed by atoms with E-state index < -0.39 is 16.6 Å². The quantitative estimate of drug-likeness (QED) is 0.577. The maximum atomic E-state index is 12.6. The number of carbonyl (C=O) groups is 2. The highest BCUT2D eigenvalue weighted by Gasteiger charge is 2.44. The molecule has 0 aromatic rings. The lowest BCUT2D eigenvalue weighted by Gasteiger charge is -2.40. The first-order valence-electron chi connectivity index (χ1n) is 8.03. The van der Waals surface area contributed by atoms with Crippen LogP contribution in [0.4, 0.5) is 4.79 Å². The third-order valence-electron chi connectivity index (χ3n) is 3.64. The van der Waals surface area contributed by atoms with Crippen molar-refractivity contribution in [2.45, 2.75) is 72.0 Å². The number of carbonyl (C=O) groups excluding carboxylic acids is 2. The Morgan fingerprint density at radius 3 is 1.91 bits per heavy atom. The number of hydrogen-bond donors (Lipinski definition) is 0. The summed E-state index contributed by atoms with van der Waals surface area (Å²) in [4.78, 5) is 26.3. The second kappa shape index (κ2) is 6.82. The van der Waals surface area contributed by atoms with Gasteiger partial charge in [0.25, 0.3) is 0 Å². The minimum atomic E-state index is -0.708. The second-order valence-corrected chi connectivity index (χ2v) is 8.13. The van der Waals surface area contributed by atoms with E-state index >= 15 is 0 Å².